The average molecular weight is 337 g/mol. The fraction of sp³-hybridized carbons (Fsp3) is 0.143. The Kier molecular flexibility index (Phi) is 3.83. The summed E-state index contributed by atoms with van der Waals surface area (Å²) in [6.07, 6.45) is 0. The molecule has 2 heterocycles. The van der Waals surface area contributed by atoms with E-state index < -0.39 is 11.7 Å². The highest BCUT2D eigenvalue weighted by atomic mass is 35.5. The van der Waals surface area contributed by atoms with Gasteiger partial charge in [0.25, 0.3) is 5.91 Å². The Hall–Kier alpha value is -2.74. The lowest BCUT2D eigenvalue weighted by Gasteiger charge is -2.05. The SMILES string of the molecule is Cc1nnc(NC(=O)c2c(-c3c(F)cccc3Cl)noc2C)o1. The molecule has 0 spiro atoms. The molecule has 0 aliphatic carbocycles. The maximum absolute atomic E-state index is 14.1. The van der Waals surface area contributed by atoms with Crippen molar-refractivity contribution in [2.75, 3.05) is 5.32 Å². The molecule has 9 heteroatoms. The lowest BCUT2D eigenvalue weighted by molar-refractivity contribution is 0.102. The first kappa shape index (κ1) is 15.2. The van der Waals surface area contributed by atoms with Gasteiger partial charge in [0, 0.05) is 6.92 Å². The molecule has 1 amide bonds. The van der Waals surface area contributed by atoms with Crippen LogP contribution < -0.4 is 5.32 Å². The molecule has 0 aliphatic heterocycles. The van der Waals surface area contributed by atoms with Gasteiger partial charge in [-0.3, -0.25) is 10.1 Å². The number of rotatable bonds is 3. The van der Waals surface area contributed by atoms with Crippen molar-refractivity contribution in [2.24, 2.45) is 0 Å². The molecule has 1 N–H and O–H groups in total. The third-order valence-electron chi connectivity index (χ3n) is 3.04. The van der Waals surface area contributed by atoms with Crippen molar-refractivity contribution >= 4 is 23.5 Å². The first-order chi connectivity index (χ1) is 11.0. The van der Waals surface area contributed by atoms with Crippen LogP contribution in [-0.2, 0) is 0 Å². The van der Waals surface area contributed by atoms with E-state index in [0.29, 0.717) is 5.89 Å². The molecule has 0 atom stereocenters. The number of benzene rings is 1. The number of nitrogens with zero attached hydrogens (tertiary/aromatic N) is 3. The fourth-order valence-corrected chi connectivity index (χ4v) is 2.29. The van der Waals surface area contributed by atoms with E-state index in [1.165, 1.54) is 25.1 Å². The molecule has 1 aromatic carbocycles. The molecule has 0 saturated heterocycles. The topological polar surface area (TPSA) is 94.1 Å². The van der Waals surface area contributed by atoms with Crippen LogP contribution in [0.5, 0.6) is 0 Å². The van der Waals surface area contributed by atoms with Crippen molar-refractivity contribution < 1.29 is 18.1 Å². The van der Waals surface area contributed by atoms with Gasteiger partial charge < -0.3 is 8.94 Å². The second-order valence-corrected chi connectivity index (χ2v) is 5.05. The highest BCUT2D eigenvalue weighted by Crippen LogP contribution is 2.33. The van der Waals surface area contributed by atoms with E-state index in [4.69, 9.17) is 20.5 Å². The lowest BCUT2D eigenvalue weighted by atomic mass is 10.1. The van der Waals surface area contributed by atoms with E-state index in [1.807, 2.05) is 0 Å². The molecular formula is C14H10ClFN4O3. The van der Waals surface area contributed by atoms with Crippen LogP contribution in [-0.4, -0.2) is 21.3 Å². The molecule has 0 bridgehead atoms. The maximum atomic E-state index is 14.1. The number of carbonyl (C=O) groups excluding carboxylic acids is 1. The summed E-state index contributed by atoms with van der Waals surface area (Å²) in [5.74, 6) is -0.747. The molecule has 0 aliphatic rings. The minimum Gasteiger partial charge on any atom is -0.408 e. The fourth-order valence-electron chi connectivity index (χ4n) is 2.04. The number of anilines is 1. The van der Waals surface area contributed by atoms with Crippen molar-refractivity contribution in [3.63, 3.8) is 0 Å². The second kappa shape index (κ2) is 5.81. The van der Waals surface area contributed by atoms with Gasteiger partial charge in [-0.15, -0.1) is 5.10 Å². The van der Waals surface area contributed by atoms with E-state index >= 15 is 0 Å². The van der Waals surface area contributed by atoms with Gasteiger partial charge in [0.15, 0.2) is 0 Å². The van der Waals surface area contributed by atoms with Gasteiger partial charge in [0.2, 0.25) is 5.89 Å². The molecule has 0 fully saturated rings. The van der Waals surface area contributed by atoms with E-state index in [2.05, 4.69) is 20.7 Å². The Bertz CT molecular complexity index is 870. The molecule has 0 saturated carbocycles. The first-order valence-electron chi connectivity index (χ1n) is 6.49. The van der Waals surface area contributed by atoms with E-state index in [0.717, 1.165) is 0 Å². The molecule has 3 aromatic rings. The van der Waals surface area contributed by atoms with E-state index in [-0.39, 0.29) is 33.6 Å². The molecular weight excluding hydrogens is 327 g/mol. The summed E-state index contributed by atoms with van der Waals surface area (Å²) in [4.78, 5) is 12.4. The predicted molar refractivity (Wildman–Crippen MR) is 78.6 cm³/mol. The molecule has 0 radical (unpaired) electrons. The van der Waals surface area contributed by atoms with Crippen molar-refractivity contribution in [1.29, 1.82) is 0 Å². The molecule has 118 valence electrons. The van der Waals surface area contributed by atoms with Crippen LogP contribution in [0.15, 0.2) is 27.1 Å². The zero-order valence-electron chi connectivity index (χ0n) is 12.1. The van der Waals surface area contributed by atoms with Crippen LogP contribution in [0.2, 0.25) is 5.02 Å². The van der Waals surface area contributed by atoms with Crippen LogP contribution in [0.1, 0.15) is 22.0 Å². The summed E-state index contributed by atoms with van der Waals surface area (Å²) in [5.41, 5.74) is 0.0186. The highest BCUT2D eigenvalue weighted by Gasteiger charge is 2.26. The van der Waals surface area contributed by atoms with Gasteiger partial charge in [0.1, 0.15) is 22.8 Å². The standard InChI is InChI=1S/C14H10ClFN4O3/c1-6-10(13(21)17-14-19-18-7(2)22-14)12(20-23-6)11-8(15)4-3-5-9(11)16/h3-5H,1-2H3,(H,17,19,21). The first-order valence-corrected chi connectivity index (χ1v) is 6.87. The summed E-state index contributed by atoms with van der Waals surface area (Å²) in [5, 5.41) is 13.5. The summed E-state index contributed by atoms with van der Waals surface area (Å²) >= 11 is 6.02. The largest absolute Gasteiger partial charge is 0.408 e. The molecule has 2 aromatic heterocycles. The van der Waals surface area contributed by atoms with Gasteiger partial charge in [-0.05, 0) is 19.1 Å². The van der Waals surface area contributed by atoms with Crippen molar-refractivity contribution in [2.45, 2.75) is 13.8 Å². The van der Waals surface area contributed by atoms with Crippen LogP contribution in [0.25, 0.3) is 11.3 Å². The predicted octanol–water partition coefficient (Wildman–Crippen LogP) is 3.39. The Morgan fingerprint density at radius 2 is 2.09 bits per heavy atom. The van der Waals surface area contributed by atoms with Gasteiger partial charge >= 0.3 is 6.01 Å². The maximum Gasteiger partial charge on any atom is 0.322 e. The average Bonchev–Trinajstić information content (AvgIpc) is 3.05. The van der Waals surface area contributed by atoms with Gasteiger partial charge in [0.05, 0.1) is 10.6 Å². The zero-order chi connectivity index (χ0) is 16.6. The Morgan fingerprint density at radius 3 is 2.74 bits per heavy atom. The van der Waals surface area contributed by atoms with Crippen LogP contribution >= 0.6 is 11.6 Å². The molecule has 7 nitrogen and oxygen atoms in total. The number of hydrogen-bond acceptors (Lipinski definition) is 6. The summed E-state index contributed by atoms with van der Waals surface area (Å²) in [6, 6.07) is 4.08. The number of amides is 1. The van der Waals surface area contributed by atoms with Crippen molar-refractivity contribution in [1.82, 2.24) is 15.4 Å². The monoisotopic (exact) mass is 336 g/mol. The smallest absolute Gasteiger partial charge is 0.322 e. The highest BCUT2D eigenvalue weighted by molar-refractivity contribution is 6.33. The van der Waals surface area contributed by atoms with Crippen LogP contribution in [0.4, 0.5) is 10.4 Å². The van der Waals surface area contributed by atoms with E-state index in [9.17, 15) is 9.18 Å². The quantitative estimate of drug-likeness (QED) is 0.787. The Labute approximate surface area is 134 Å². The minimum atomic E-state index is -0.623. The number of nitrogens with one attached hydrogen (secondary N) is 1. The summed E-state index contributed by atoms with van der Waals surface area (Å²) in [7, 11) is 0. The lowest BCUT2D eigenvalue weighted by Crippen LogP contribution is -2.14. The van der Waals surface area contributed by atoms with Crippen molar-refractivity contribution in [3.8, 4) is 11.3 Å². The number of halogens is 2. The van der Waals surface area contributed by atoms with E-state index in [1.54, 1.807) is 6.92 Å². The third-order valence-corrected chi connectivity index (χ3v) is 3.35. The van der Waals surface area contributed by atoms with Gasteiger partial charge in [-0.2, -0.15) is 0 Å². The molecule has 3 rings (SSSR count). The molecule has 23 heavy (non-hydrogen) atoms. The number of hydrogen-bond donors (Lipinski definition) is 1. The van der Waals surface area contributed by atoms with Gasteiger partial charge in [-0.25, -0.2) is 4.39 Å². The minimum absolute atomic E-state index is 0.000614. The molecule has 0 unspecified atom stereocenters. The second-order valence-electron chi connectivity index (χ2n) is 4.64. The van der Waals surface area contributed by atoms with Gasteiger partial charge in [-0.1, -0.05) is 27.9 Å². The normalized spacial score (nSPS) is 10.8. The third kappa shape index (κ3) is 2.80. The summed E-state index contributed by atoms with van der Waals surface area (Å²) < 4.78 is 24.2. The zero-order valence-corrected chi connectivity index (χ0v) is 12.8. The number of carbonyl (C=O) groups is 1. The van der Waals surface area contributed by atoms with Crippen LogP contribution in [0.3, 0.4) is 0 Å². The van der Waals surface area contributed by atoms with Crippen LogP contribution in [0, 0.1) is 19.7 Å². The number of aryl methyl sites for hydroxylation is 2. The number of aromatic nitrogens is 3. The van der Waals surface area contributed by atoms with Crippen molar-refractivity contribution in [3.05, 3.63) is 46.3 Å². The Balaban J connectivity index is 2.04. The Morgan fingerprint density at radius 1 is 1.30 bits per heavy atom. The summed E-state index contributed by atoms with van der Waals surface area (Å²) in [6.45, 7) is 3.11.